The zero-order valence-electron chi connectivity index (χ0n) is 14.8. The number of nitrogens with zero attached hydrogens (tertiary/aromatic N) is 2. The van der Waals surface area contributed by atoms with Crippen LogP contribution in [0.4, 0.5) is 5.69 Å². The van der Waals surface area contributed by atoms with Gasteiger partial charge in [-0.2, -0.15) is 0 Å². The van der Waals surface area contributed by atoms with Crippen molar-refractivity contribution in [3.8, 4) is 0 Å². The SMILES string of the molecule is Cc1cn([C@@H]2C[C@H](O)[C@@H](CNC(=O)c3ccc([N+](=O)[O-])cc3)O2)c(=O)[nH]c1=O. The first kappa shape index (κ1) is 19.5. The van der Waals surface area contributed by atoms with Crippen molar-refractivity contribution in [3.05, 3.63) is 72.5 Å². The van der Waals surface area contributed by atoms with Crippen LogP contribution in [-0.4, -0.2) is 44.2 Å². The molecule has 11 nitrogen and oxygen atoms in total. The number of rotatable bonds is 5. The number of nitrogens with one attached hydrogen (secondary N) is 2. The summed E-state index contributed by atoms with van der Waals surface area (Å²) in [7, 11) is 0. The van der Waals surface area contributed by atoms with Gasteiger partial charge in [0, 0.05) is 42.4 Å². The molecule has 3 rings (SSSR count). The summed E-state index contributed by atoms with van der Waals surface area (Å²) >= 11 is 0. The minimum Gasteiger partial charge on any atom is -0.390 e. The molecule has 3 N–H and O–H groups in total. The van der Waals surface area contributed by atoms with Crippen LogP contribution in [0.2, 0.25) is 0 Å². The molecule has 1 aliphatic rings. The lowest BCUT2D eigenvalue weighted by Crippen LogP contribution is -2.37. The van der Waals surface area contributed by atoms with E-state index in [1.165, 1.54) is 35.0 Å². The molecule has 3 atom stereocenters. The van der Waals surface area contributed by atoms with Gasteiger partial charge in [0.1, 0.15) is 12.3 Å². The lowest BCUT2D eigenvalue weighted by molar-refractivity contribution is -0.384. The van der Waals surface area contributed by atoms with Crippen molar-refractivity contribution in [2.75, 3.05) is 6.54 Å². The number of aromatic amines is 1. The number of H-pyrrole nitrogens is 1. The topological polar surface area (TPSA) is 157 Å². The number of aliphatic hydroxyl groups is 1. The first-order valence-corrected chi connectivity index (χ1v) is 8.44. The van der Waals surface area contributed by atoms with E-state index in [-0.39, 0.29) is 24.2 Å². The highest BCUT2D eigenvalue weighted by atomic mass is 16.6. The Morgan fingerprint density at radius 3 is 2.71 bits per heavy atom. The van der Waals surface area contributed by atoms with Gasteiger partial charge in [0.2, 0.25) is 0 Å². The fourth-order valence-corrected chi connectivity index (χ4v) is 2.90. The summed E-state index contributed by atoms with van der Waals surface area (Å²) in [6, 6.07) is 5.09. The second kappa shape index (κ2) is 7.74. The van der Waals surface area contributed by atoms with Crippen molar-refractivity contribution in [1.29, 1.82) is 0 Å². The summed E-state index contributed by atoms with van der Waals surface area (Å²) < 4.78 is 6.85. The number of hydrogen-bond donors (Lipinski definition) is 3. The minimum absolute atomic E-state index is 0.0232. The molecule has 0 bridgehead atoms. The molecular weight excluding hydrogens is 372 g/mol. The van der Waals surface area contributed by atoms with Gasteiger partial charge in [0.15, 0.2) is 0 Å². The third-order valence-corrected chi connectivity index (χ3v) is 4.46. The van der Waals surface area contributed by atoms with Gasteiger partial charge in [0.05, 0.1) is 11.0 Å². The van der Waals surface area contributed by atoms with Crippen molar-refractivity contribution < 1.29 is 19.6 Å². The largest absolute Gasteiger partial charge is 0.390 e. The van der Waals surface area contributed by atoms with Gasteiger partial charge < -0.3 is 15.2 Å². The Morgan fingerprint density at radius 1 is 1.39 bits per heavy atom. The van der Waals surface area contributed by atoms with E-state index < -0.39 is 40.5 Å². The Morgan fingerprint density at radius 2 is 2.07 bits per heavy atom. The quantitative estimate of drug-likeness (QED) is 0.472. The first-order chi connectivity index (χ1) is 13.3. The van der Waals surface area contributed by atoms with Crippen LogP contribution >= 0.6 is 0 Å². The number of nitro groups is 1. The van der Waals surface area contributed by atoms with Gasteiger partial charge in [-0.15, -0.1) is 0 Å². The van der Waals surface area contributed by atoms with Crippen molar-refractivity contribution in [1.82, 2.24) is 14.9 Å². The highest BCUT2D eigenvalue weighted by molar-refractivity contribution is 5.94. The molecular formula is C17H18N4O7. The molecule has 1 aromatic carbocycles. The number of carbonyl (C=O) groups is 1. The Labute approximate surface area is 157 Å². The number of aromatic nitrogens is 2. The van der Waals surface area contributed by atoms with E-state index in [1.807, 2.05) is 0 Å². The maximum absolute atomic E-state index is 12.2. The van der Waals surface area contributed by atoms with Gasteiger partial charge in [-0.25, -0.2) is 4.79 Å². The van der Waals surface area contributed by atoms with E-state index in [0.29, 0.717) is 5.56 Å². The summed E-state index contributed by atoms with van der Waals surface area (Å²) in [4.78, 5) is 47.8. The number of aliphatic hydroxyl groups excluding tert-OH is 1. The fraction of sp³-hybridized carbons (Fsp3) is 0.353. The normalized spacial score (nSPS) is 21.4. The molecule has 0 unspecified atom stereocenters. The first-order valence-electron chi connectivity index (χ1n) is 8.44. The third-order valence-electron chi connectivity index (χ3n) is 4.46. The zero-order chi connectivity index (χ0) is 20.4. The van der Waals surface area contributed by atoms with Crippen LogP contribution in [0, 0.1) is 17.0 Å². The zero-order valence-corrected chi connectivity index (χ0v) is 14.8. The van der Waals surface area contributed by atoms with E-state index >= 15 is 0 Å². The number of hydrogen-bond acceptors (Lipinski definition) is 7. The van der Waals surface area contributed by atoms with Crippen LogP contribution in [0.25, 0.3) is 0 Å². The van der Waals surface area contributed by atoms with Crippen LogP contribution in [-0.2, 0) is 4.74 Å². The summed E-state index contributed by atoms with van der Waals surface area (Å²) in [5.74, 6) is -0.480. The Kier molecular flexibility index (Phi) is 5.38. The third kappa shape index (κ3) is 4.00. The van der Waals surface area contributed by atoms with Crippen molar-refractivity contribution in [3.63, 3.8) is 0 Å². The number of amides is 1. The monoisotopic (exact) mass is 390 g/mol. The molecule has 148 valence electrons. The second-order valence-corrected chi connectivity index (χ2v) is 6.42. The van der Waals surface area contributed by atoms with Crippen molar-refractivity contribution in [2.24, 2.45) is 0 Å². The molecule has 0 saturated carbocycles. The average Bonchev–Trinajstić information content (AvgIpc) is 3.03. The smallest absolute Gasteiger partial charge is 0.330 e. The van der Waals surface area contributed by atoms with Crippen LogP contribution in [0.5, 0.6) is 0 Å². The van der Waals surface area contributed by atoms with Crippen LogP contribution in [0.15, 0.2) is 40.1 Å². The maximum Gasteiger partial charge on any atom is 0.330 e. The number of aryl methyl sites for hydroxylation is 1. The van der Waals surface area contributed by atoms with Crippen molar-refractivity contribution >= 4 is 11.6 Å². The molecule has 1 aliphatic heterocycles. The number of ether oxygens (including phenoxy) is 1. The molecule has 1 fully saturated rings. The summed E-state index contributed by atoms with van der Waals surface area (Å²) in [5, 5.41) is 23.4. The number of benzene rings is 1. The van der Waals surface area contributed by atoms with Gasteiger partial charge in [0.25, 0.3) is 17.2 Å². The molecule has 0 radical (unpaired) electrons. The van der Waals surface area contributed by atoms with E-state index in [4.69, 9.17) is 4.74 Å². The maximum atomic E-state index is 12.2. The molecule has 1 saturated heterocycles. The summed E-state index contributed by atoms with van der Waals surface area (Å²) in [6.07, 6.45) is -0.994. The predicted octanol–water partition coefficient (Wildman–Crippen LogP) is -0.168. The van der Waals surface area contributed by atoms with E-state index in [2.05, 4.69) is 10.3 Å². The predicted molar refractivity (Wildman–Crippen MR) is 96.0 cm³/mol. The number of carbonyl (C=O) groups excluding carboxylic acids is 1. The van der Waals surface area contributed by atoms with Gasteiger partial charge in [-0.05, 0) is 19.1 Å². The van der Waals surface area contributed by atoms with Crippen LogP contribution in [0.3, 0.4) is 0 Å². The fourth-order valence-electron chi connectivity index (χ4n) is 2.90. The summed E-state index contributed by atoms with van der Waals surface area (Å²) in [6.45, 7) is 1.52. The van der Waals surface area contributed by atoms with E-state index in [9.17, 15) is 29.6 Å². The Bertz CT molecular complexity index is 1010. The molecule has 0 aliphatic carbocycles. The Hall–Kier alpha value is -3.31. The number of non-ortho nitro benzene ring substituents is 1. The summed E-state index contributed by atoms with van der Waals surface area (Å²) in [5.41, 5.74) is -0.722. The van der Waals surface area contributed by atoms with Gasteiger partial charge in [-0.3, -0.25) is 29.3 Å². The van der Waals surface area contributed by atoms with E-state index in [1.54, 1.807) is 6.92 Å². The highest BCUT2D eigenvalue weighted by Crippen LogP contribution is 2.27. The molecule has 2 heterocycles. The standard InChI is InChI=1S/C17H18N4O7/c1-9-8-20(17(25)19-15(9)23)14-6-12(22)13(28-14)7-18-16(24)10-2-4-11(5-3-10)21(26)27/h2-5,8,12-14,22H,6-7H2,1H3,(H,18,24)(H,19,23,25)/t12-,13+,14-/m0/s1. The molecule has 1 amide bonds. The lowest BCUT2D eigenvalue weighted by Gasteiger charge is -2.17. The molecule has 28 heavy (non-hydrogen) atoms. The van der Waals surface area contributed by atoms with Crippen molar-refractivity contribution in [2.45, 2.75) is 31.8 Å². The van der Waals surface area contributed by atoms with Crippen LogP contribution in [0.1, 0.15) is 28.6 Å². The van der Waals surface area contributed by atoms with Gasteiger partial charge >= 0.3 is 5.69 Å². The molecule has 11 heteroatoms. The Balaban J connectivity index is 1.63. The molecule has 1 aromatic heterocycles. The van der Waals surface area contributed by atoms with Crippen LogP contribution < -0.4 is 16.6 Å². The molecule has 2 aromatic rings. The second-order valence-electron chi connectivity index (χ2n) is 6.42. The van der Waals surface area contributed by atoms with Gasteiger partial charge in [-0.1, -0.05) is 0 Å². The van der Waals surface area contributed by atoms with E-state index in [0.717, 1.165) is 0 Å². The highest BCUT2D eigenvalue weighted by Gasteiger charge is 2.35. The minimum atomic E-state index is -0.929. The number of nitro benzene ring substituents is 1. The lowest BCUT2D eigenvalue weighted by atomic mass is 10.1. The molecule has 0 spiro atoms. The average molecular weight is 390 g/mol.